The normalized spacial score (nSPS) is 11.2. The molecule has 0 saturated heterocycles. The molecule has 3 aromatic carbocycles. The van der Waals surface area contributed by atoms with E-state index in [-0.39, 0.29) is 60.4 Å². The van der Waals surface area contributed by atoms with Crippen LogP contribution in [0.3, 0.4) is 0 Å². The van der Waals surface area contributed by atoms with Crippen LogP contribution in [0.1, 0.15) is 63.8 Å². The molecule has 1 heterocycles. The summed E-state index contributed by atoms with van der Waals surface area (Å²) in [6.45, 7) is 9.54. The molecule has 1 aromatic heterocycles. The van der Waals surface area contributed by atoms with Crippen LogP contribution in [0.4, 0.5) is 11.5 Å². The molecule has 52 heavy (non-hydrogen) atoms. The largest absolute Gasteiger partial charge is 0.460 e. The van der Waals surface area contributed by atoms with Crippen molar-refractivity contribution in [3.8, 4) is 5.69 Å². The molecule has 276 valence electrons. The minimum atomic E-state index is -0.522. The van der Waals surface area contributed by atoms with Crippen molar-refractivity contribution in [2.45, 2.75) is 39.7 Å². The fourth-order valence-electron chi connectivity index (χ4n) is 4.73. The molecular formula is C38H44ClN5O8. The molecule has 13 nitrogen and oxygen atoms in total. The second-order valence-corrected chi connectivity index (χ2v) is 13.0. The minimum absolute atomic E-state index is 0.133. The van der Waals surface area contributed by atoms with E-state index in [4.69, 9.17) is 30.5 Å². The standard InChI is InChI=1S/C38H44ClN5O8/c1-26-7-5-10-30(23-26)44-16-13-33(43-44)42-37(48)31-25-29(39)11-12-32(31)41-36(47)28-9-6-8-27(24-28)35(46)40-15-18-50-20-22-51-21-19-49-17-14-34(45)52-38(2,3)4/h5-13,16,23-25H,14-15,17-22H2,1-4H3,(H,40,46)(H,41,47)(H,42,43,48). The number of anilines is 2. The van der Waals surface area contributed by atoms with E-state index in [1.165, 1.54) is 18.2 Å². The van der Waals surface area contributed by atoms with E-state index in [1.54, 1.807) is 41.2 Å². The van der Waals surface area contributed by atoms with Crippen molar-refractivity contribution in [2.75, 3.05) is 56.8 Å². The van der Waals surface area contributed by atoms with Crippen molar-refractivity contribution in [1.82, 2.24) is 15.1 Å². The van der Waals surface area contributed by atoms with Gasteiger partial charge in [0, 0.05) is 35.0 Å². The maximum absolute atomic E-state index is 13.3. The molecule has 0 saturated carbocycles. The summed E-state index contributed by atoms with van der Waals surface area (Å²) in [4.78, 5) is 51.0. The van der Waals surface area contributed by atoms with Crippen molar-refractivity contribution in [1.29, 1.82) is 0 Å². The van der Waals surface area contributed by atoms with Crippen LogP contribution >= 0.6 is 11.6 Å². The quantitative estimate of drug-likeness (QED) is 0.0843. The molecule has 3 N–H and O–H groups in total. The number of benzene rings is 3. The Labute approximate surface area is 307 Å². The van der Waals surface area contributed by atoms with Gasteiger partial charge in [-0.2, -0.15) is 5.10 Å². The summed E-state index contributed by atoms with van der Waals surface area (Å²) >= 11 is 6.21. The first-order valence-electron chi connectivity index (χ1n) is 16.8. The number of esters is 1. The lowest BCUT2D eigenvalue weighted by molar-refractivity contribution is -0.156. The zero-order chi connectivity index (χ0) is 37.5. The molecular weight excluding hydrogens is 690 g/mol. The number of aryl methyl sites for hydroxylation is 1. The van der Waals surface area contributed by atoms with Crippen LogP contribution in [-0.4, -0.2) is 85.3 Å². The Morgan fingerprint density at radius 2 is 1.42 bits per heavy atom. The Kier molecular flexibility index (Phi) is 14.9. The SMILES string of the molecule is Cc1cccc(-n2ccc(NC(=O)c3cc(Cl)ccc3NC(=O)c3cccc(C(=O)NCCOCCOCCOCCC(=O)OC(C)(C)C)c3)n2)c1. The highest BCUT2D eigenvalue weighted by molar-refractivity contribution is 6.31. The van der Waals surface area contributed by atoms with Gasteiger partial charge < -0.3 is 34.9 Å². The number of nitrogens with one attached hydrogen (secondary N) is 3. The van der Waals surface area contributed by atoms with Crippen molar-refractivity contribution in [2.24, 2.45) is 0 Å². The second kappa shape index (κ2) is 19.5. The zero-order valence-electron chi connectivity index (χ0n) is 29.7. The molecule has 0 aliphatic heterocycles. The van der Waals surface area contributed by atoms with Crippen molar-refractivity contribution in [3.05, 3.63) is 106 Å². The minimum Gasteiger partial charge on any atom is -0.460 e. The van der Waals surface area contributed by atoms with Crippen LogP contribution in [0.2, 0.25) is 5.02 Å². The van der Waals surface area contributed by atoms with Crippen LogP contribution in [0.25, 0.3) is 5.69 Å². The van der Waals surface area contributed by atoms with Crippen LogP contribution < -0.4 is 16.0 Å². The Balaban J connectivity index is 1.18. The van der Waals surface area contributed by atoms with Crippen LogP contribution in [0.15, 0.2) is 79.0 Å². The lowest BCUT2D eigenvalue weighted by Gasteiger charge is -2.19. The zero-order valence-corrected chi connectivity index (χ0v) is 30.5. The lowest BCUT2D eigenvalue weighted by atomic mass is 10.1. The van der Waals surface area contributed by atoms with Gasteiger partial charge in [-0.25, -0.2) is 4.68 Å². The van der Waals surface area contributed by atoms with E-state index in [0.717, 1.165) is 11.3 Å². The number of carbonyl (C=O) groups excluding carboxylic acids is 4. The Morgan fingerprint density at radius 1 is 0.750 bits per heavy atom. The number of aromatic nitrogens is 2. The van der Waals surface area contributed by atoms with Gasteiger partial charge in [-0.1, -0.05) is 29.8 Å². The smallest absolute Gasteiger partial charge is 0.308 e. The number of amides is 3. The number of halogens is 1. The molecule has 4 rings (SSSR count). The first-order valence-corrected chi connectivity index (χ1v) is 17.1. The molecule has 3 amide bonds. The molecule has 0 bridgehead atoms. The van der Waals surface area contributed by atoms with Crippen molar-refractivity contribution >= 4 is 46.8 Å². The number of rotatable bonds is 18. The fourth-order valence-corrected chi connectivity index (χ4v) is 4.90. The Bertz CT molecular complexity index is 1840. The molecule has 0 unspecified atom stereocenters. The number of hydrogen-bond donors (Lipinski definition) is 3. The van der Waals surface area contributed by atoms with Gasteiger partial charge in [0.15, 0.2) is 5.82 Å². The number of ether oxygens (including phenoxy) is 4. The number of nitrogens with zero attached hydrogens (tertiary/aromatic N) is 2. The van der Waals surface area contributed by atoms with Crippen LogP contribution in [-0.2, 0) is 23.7 Å². The van der Waals surface area contributed by atoms with E-state index >= 15 is 0 Å². The van der Waals surface area contributed by atoms with E-state index in [2.05, 4.69) is 21.0 Å². The van der Waals surface area contributed by atoms with Crippen LogP contribution in [0, 0.1) is 6.92 Å². The van der Waals surface area contributed by atoms with Gasteiger partial charge in [0.1, 0.15) is 5.60 Å². The van der Waals surface area contributed by atoms with Gasteiger partial charge in [0.2, 0.25) is 0 Å². The average Bonchev–Trinajstić information content (AvgIpc) is 3.57. The molecule has 0 aliphatic carbocycles. The third-order valence-corrected chi connectivity index (χ3v) is 7.34. The topological polar surface area (TPSA) is 159 Å². The molecule has 0 atom stereocenters. The summed E-state index contributed by atoms with van der Waals surface area (Å²) in [5, 5.41) is 13.0. The highest BCUT2D eigenvalue weighted by Crippen LogP contribution is 2.23. The summed E-state index contributed by atoms with van der Waals surface area (Å²) < 4.78 is 23.2. The van der Waals surface area contributed by atoms with Gasteiger partial charge in [-0.15, -0.1) is 0 Å². The third kappa shape index (κ3) is 13.2. The van der Waals surface area contributed by atoms with Gasteiger partial charge >= 0.3 is 5.97 Å². The summed E-state index contributed by atoms with van der Waals surface area (Å²) in [6, 6.07) is 20.2. The molecule has 0 spiro atoms. The Morgan fingerprint density at radius 3 is 2.13 bits per heavy atom. The molecule has 0 radical (unpaired) electrons. The molecule has 0 fully saturated rings. The Hall–Kier alpha value is -5.08. The molecule has 0 aliphatic rings. The summed E-state index contributed by atoms with van der Waals surface area (Å²) in [7, 11) is 0. The maximum atomic E-state index is 13.3. The van der Waals surface area contributed by atoms with Gasteiger partial charge in [-0.05, 0) is 81.8 Å². The average molecular weight is 734 g/mol. The van der Waals surface area contributed by atoms with E-state index < -0.39 is 17.4 Å². The number of carbonyl (C=O) groups is 4. The van der Waals surface area contributed by atoms with Crippen molar-refractivity contribution in [3.63, 3.8) is 0 Å². The lowest BCUT2D eigenvalue weighted by Crippen LogP contribution is -2.28. The first-order chi connectivity index (χ1) is 24.9. The molecule has 4 aromatic rings. The first kappa shape index (κ1) is 39.7. The predicted molar refractivity (Wildman–Crippen MR) is 197 cm³/mol. The number of hydrogen-bond acceptors (Lipinski definition) is 9. The van der Waals surface area contributed by atoms with E-state index in [1.807, 2.05) is 52.0 Å². The van der Waals surface area contributed by atoms with Crippen LogP contribution in [0.5, 0.6) is 0 Å². The van der Waals surface area contributed by atoms with Gasteiger partial charge in [-0.3, -0.25) is 19.2 Å². The highest BCUT2D eigenvalue weighted by Gasteiger charge is 2.18. The highest BCUT2D eigenvalue weighted by atomic mass is 35.5. The molecule has 14 heteroatoms. The van der Waals surface area contributed by atoms with Gasteiger partial charge in [0.25, 0.3) is 17.7 Å². The van der Waals surface area contributed by atoms with Crippen molar-refractivity contribution < 1.29 is 38.1 Å². The monoisotopic (exact) mass is 733 g/mol. The summed E-state index contributed by atoms with van der Waals surface area (Å²) in [5.41, 5.74) is 2.25. The predicted octanol–water partition coefficient (Wildman–Crippen LogP) is 5.85. The van der Waals surface area contributed by atoms with E-state index in [9.17, 15) is 19.2 Å². The third-order valence-electron chi connectivity index (χ3n) is 7.10. The fraction of sp³-hybridized carbons (Fsp3) is 0.342. The van der Waals surface area contributed by atoms with E-state index in [0.29, 0.717) is 37.3 Å². The van der Waals surface area contributed by atoms with Gasteiger partial charge in [0.05, 0.1) is 63.0 Å². The summed E-state index contributed by atoms with van der Waals surface area (Å²) in [5.74, 6) is -1.41. The second-order valence-electron chi connectivity index (χ2n) is 12.6. The summed E-state index contributed by atoms with van der Waals surface area (Å²) in [6.07, 6.45) is 1.91. The maximum Gasteiger partial charge on any atom is 0.308 e.